The lowest BCUT2D eigenvalue weighted by molar-refractivity contribution is 0.442. The van der Waals surface area contributed by atoms with E-state index in [9.17, 15) is 4.39 Å². The second-order valence-electron chi connectivity index (χ2n) is 5.56. The number of aromatic nitrogens is 1. The molecular formula is C16H19FN2S. The molecule has 1 aromatic carbocycles. The molecule has 0 amide bonds. The van der Waals surface area contributed by atoms with E-state index in [4.69, 9.17) is 10.7 Å². The number of nitrogen functional groups attached to an aromatic ring is 1. The van der Waals surface area contributed by atoms with Gasteiger partial charge in [-0.05, 0) is 43.5 Å². The van der Waals surface area contributed by atoms with E-state index in [1.54, 1.807) is 24.3 Å². The molecule has 20 heavy (non-hydrogen) atoms. The summed E-state index contributed by atoms with van der Waals surface area (Å²) in [5.41, 5.74) is 8.50. The van der Waals surface area contributed by atoms with E-state index < -0.39 is 0 Å². The van der Waals surface area contributed by atoms with Gasteiger partial charge in [-0.15, -0.1) is 11.3 Å². The molecule has 0 spiro atoms. The monoisotopic (exact) mass is 290 g/mol. The van der Waals surface area contributed by atoms with Crippen molar-refractivity contribution in [3.63, 3.8) is 0 Å². The smallest absolute Gasteiger partial charge is 0.126 e. The number of nitrogens with zero attached hydrogens (tertiary/aromatic N) is 1. The molecule has 0 radical (unpaired) electrons. The highest BCUT2D eigenvalue weighted by atomic mass is 32.1. The van der Waals surface area contributed by atoms with E-state index in [1.165, 1.54) is 38.2 Å². The summed E-state index contributed by atoms with van der Waals surface area (Å²) >= 11 is 1.60. The average molecular weight is 290 g/mol. The third-order valence-corrected chi connectivity index (χ3v) is 5.10. The average Bonchev–Trinajstić information content (AvgIpc) is 2.85. The third-order valence-electron chi connectivity index (χ3n) is 4.06. The van der Waals surface area contributed by atoms with Crippen LogP contribution in [0.5, 0.6) is 0 Å². The normalized spacial score (nSPS) is 16.5. The lowest BCUT2D eigenvalue weighted by Gasteiger charge is -2.18. The van der Waals surface area contributed by atoms with Crippen LogP contribution in [0.4, 0.5) is 9.39 Å². The van der Waals surface area contributed by atoms with Crippen LogP contribution in [-0.4, -0.2) is 4.98 Å². The van der Waals surface area contributed by atoms with Gasteiger partial charge in [0.2, 0.25) is 0 Å². The molecule has 1 aliphatic rings. The minimum absolute atomic E-state index is 0.185. The van der Waals surface area contributed by atoms with Crippen LogP contribution in [0.2, 0.25) is 0 Å². The Hall–Kier alpha value is -1.42. The Labute approximate surface area is 122 Å². The lowest BCUT2D eigenvalue weighted by atomic mass is 9.90. The van der Waals surface area contributed by atoms with Crippen LogP contribution in [0.1, 0.15) is 48.6 Å². The van der Waals surface area contributed by atoms with Crippen molar-refractivity contribution in [1.29, 1.82) is 0 Å². The number of benzene rings is 1. The van der Waals surface area contributed by atoms with Gasteiger partial charge in [-0.2, -0.15) is 0 Å². The standard InChI is InChI=1S/C16H19FN2S/c1-10-9-12(7-8-13(10)17)14-15(18)20-16(19-14)11-5-3-2-4-6-11/h7-9,11H,2-6,18H2,1H3. The van der Waals surface area contributed by atoms with Crippen molar-refractivity contribution in [2.24, 2.45) is 0 Å². The van der Waals surface area contributed by atoms with Crippen LogP contribution < -0.4 is 5.73 Å². The van der Waals surface area contributed by atoms with E-state index in [1.807, 2.05) is 6.07 Å². The van der Waals surface area contributed by atoms with Gasteiger partial charge in [0, 0.05) is 11.5 Å². The molecule has 0 saturated heterocycles. The molecule has 2 N–H and O–H groups in total. The minimum atomic E-state index is -0.185. The molecular weight excluding hydrogens is 271 g/mol. The lowest BCUT2D eigenvalue weighted by Crippen LogP contribution is -2.03. The number of halogens is 1. The zero-order valence-corrected chi connectivity index (χ0v) is 12.5. The first-order chi connectivity index (χ1) is 9.65. The molecule has 2 aromatic rings. The first-order valence-corrected chi connectivity index (χ1v) is 7.99. The van der Waals surface area contributed by atoms with Crippen LogP contribution in [-0.2, 0) is 0 Å². The molecule has 1 fully saturated rings. The Morgan fingerprint density at radius 2 is 2.00 bits per heavy atom. The number of hydrogen-bond donors (Lipinski definition) is 1. The van der Waals surface area contributed by atoms with Crippen molar-refractivity contribution in [3.05, 3.63) is 34.6 Å². The largest absolute Gasteiger partial charge is 0.389 e. The second-order valence-corrected chi connectivity index (χ2v) is 6.63. The van der Waals surface area contributed by atoms with Gasteiger partial charge >= 0.3 is 0 Å². The molecule has 1 aromatic heterocycles. The molecule has 106 valence electrons. The molecule has 1 aliphatic carbocycles. The molecule has 2 nitrogen and oxygen atoms in total. The zero-order chi connectivity index (χ0) is 14.1. The maximum Gasteiger partial charge on any atom is 0.126 e. The molecule has 3 rings (SSSR count). The van der Waals surface area contributed by atoms with Crippen LogP contribution in [0, 0.1) is 12.7 Å². The van der Waals surface area contributed by atoms with Crippen molar-refractivity contribution < 1.29 is 4.39 Å². The van der Waals surface area contributed by atoms with Gasteiger partial charge in [-0.1, -0.05) is 19.3 Å². The fourth-order valence-corrected chi connectivity index (χ4v) is 3.90. The fraction of sp³-hybridized carbons (Fsp3) is 0.438. The summed E-state index contributed by atoms with van der Waals surface area (Å²) in [6, 6.07) is 5.08. The first kappa shape index (κ1) is 13.6. The van der Waals surface area contributed by atoms with Gasteiger partial charge in [0.05, 0.1) is 5.01 Å². The predicted molar refractivity (Wildman–Crippen MR) is 82.5 cm³/mol. The van der Waals surface area contributed by atoms with Gasteiger partial charge in [0.1, 0.15) is 16.5 Å². The van der Waals surface area contributed by atoms with E-state index in [2.05, 4.69) is 0 Å². The Kier molecular flexibility index (Phi) is 3.74. The molecule has 4 heteroatoms. The summed E-state index contributed by atoms with van der Waals surface area (Å²) in [7, 11) is 0. The number of aryl methyl sites for hydroxylation is 1. The summed E-state index contributed by atoms with van der Waals surface area (Å²) in [4.78, 5) is 4.75. The van der Waals surface area contributed by atoms with Crippen molar-refractivity contribution in [3.8, 4) is 11.3 Å². The van der Waals surface area contributed by atoms with E-state index in [0.29, 0.717) is 11.5 Å². The summed E-state index contributed by atoms with van der Waals surface area (Å²) in [6.45, 7) is 1.77. The Bertz CT molecular complexity index is 615. The summed E-state index contributed by atoms with van der Waals surface area (Å²) < 4.78 is 13.4. The van der Waals surface area contributed by atoms with Gasteiger partial charge in [0.25, 0.3) is 0 Å². The predicted octanol–water partition coefficient (Wildman–Crippen LogP) is 4.89. The molecule has 1 heterocycles. The minimum Gasteiger partial charge on any atom is -0.389 e. The van der Waals surface area contributed by atoms with Crippen LogP contribution in [0.15, 0.2) is 18.2 Å². The molecule has 0 aliphatic heterocycles. The zero-order valence-electron chi connectivity index (χ0n) is 11.7. The van der Waals surface area contributed by atoms with E-state index in [-0.39, 0.29) is 5.82 Å². The van der Waals surface area contributed by atoms with Gasteiger partial charge in [-0.25, -0.2) is 9.37 Å². The Morgan fingerprint density at radius 1 is 1.25 bits per heavy atom. The third kappa shape index (κ3) is 2.57. The van der Waals surface area contributed by atoms with Crippen molar-refractivity contribution in [2.45, 2.75) is 44.9 Å². The summed E-state index contributed by atoms with van der Waals surface area (Å²) in [5.74, 6) is 0.376. The fourth-order valence-electron chi connectivity index (χ4n) is 2.87. The van der Waals surface area contributed by atoms with Crippen molar-refractivity contribution in [2.75, 3.05) is 5.73 Å². The Morgan fingerprint density at radius 3 is 2.70 bits per heavy atom. The number of rotatable bonds is 2. The summed E-state index contributed by atoms with van der Waals surface area (Å²) in [5, 5.41) is 1.90. The highest BCUT2D eigenvalue weighted by Crippen LogP contribution is 2.39. The number of hydrogen-bond acceptors (Lipinski definition) is 3. The van der Waals surface area contributed by atoms with E-state index >= 15 is 0 Å². The first-order valence-electron chi connectivity index (χ1n) is 7.18. The van der Waals surface area contributed by atoms with Crippen LogP contribution in [0.25, 0.3) is 11.3 Å². The Balaban J connectivity index is 1.93. The van der Waals surface area contributed by atoms with E-state index in [0.717, 1.165) is 21.3 Å². The van der Waals surface area contributed by atoms with Crippen molar-refractivity contribution in [1.82, 2.24) is 4.98 Å². The maximum atomic E-state index is 13.4. The number of anilines is 1. The van der Waals surface area contributed by atoms with Gasteiger partial charge in [0.15, 0.2) is 0 Å². The summed E-state index contributed by atoms with van der Waals surface area (Å²) in [6.07, 6.45) is 6.34. The molecule has 0 unspecified atom stereocenters. The molecule has 0 bridgehead atoms. The molecule has 1 saturated carbocycles. The van der Waals surface area contributed by atoms with Crippen LogP contribution >= 0.6 is 11.3 Å². The number of thiazole rings is 1. The quantitative estimate of drug-likeness (QED) is 0.855. The highest BCUT2D eigenvalue weighted by Gasteiger charge is 2.21. The van der Waals surface area contributed by atoms with Gasteiger partial charge in [-0.3, -0.25) is 0 Å². The van der Waals surface area contributed by atoms with Crippen molar-refractivity contribution >= 4 is 16.3 Å². The SMILES string of the molecule is Cc1cc(-c2nc(C3CCCCC3)sc2N)ccc1F. The topological polar surface area (TPSA) is 38.9 Å². The van der Waals surface area contributed by atoms with Crippen LogP contribution in [0.3, 0.4) is 0 Å². The number of nitrogens with two attached hydrogens (primary N) is 1. The highest BCUT2D eigenvalue weighted by molar-refractivity contribution is 7.16. The molecule has 0 atom stereocenters. The maximum absolute atomic E-state index is 13.4. The van der Waals surface area contributed by atoms with Gasteiger partial charge < -0.3 is 5.73 Å². The second kappa shape index (κ2) is 5.52.